The average Bonchev–Trinajstić information content (AvgIpc) is 3.87. The van der Waals surface area contributed by atoms with E-state index < -0.39 is 22.7 Å². The Morgan fingerprint density at radius 1 is 0.940 bits per heavy atom. The highest BCUT2D eigenvalue weighted by atomic mass is 16.7. The van der Waals surface area contributed by atoms with Crippen molar-refractivity contribution in [1.29, 1.82) is 0 Å². The van der Waals surface area contributed by atoms with E-state index in [1.165, 1.54) is 25.0 Å². The molecule has 1 heterocycles. The molecule has 4 aromatic carbocycles. The number of non-ortho nitro benzene ring substituents is 1. The molecule has 8 rings (SSSR count). The Morgan fingerprint density at radius 3 is 2.40 bits per heavy atom. The number of aliphatic hydroxyl groups is 2. The van der Waals surface area contributed by atoms with E-state index in [-0.39, 0.29) is 55.8 Å². The molecule has 2 N–H and O–H groups in total. The summed E-state index contributed by atoms with van der Waals surface area (Å²) in [6, 6.07) is 26.0. The van der Waals surface area contributed by atoms with E-state index >= 15 is 0 Å². The molecule has 6 atom stereocenters. The van der Waals surface area contributed by atoms with E-state index in [1.54, 1.807) is 18.2 Å². The zero-order valence-corrected chi connectivity index (χ0v) is 38.9. The summed E-state index contributed by atoms with van der Waals surface area (Å²) >= 11 is 0. The van der Waals surface area contributed by atoms with Crippen molar-refractivity contribution >= 4 is 28.1 Å². The summed E-state index contributed by atoms with van der Waals surface area (Å²) in [5, 5.41) is 38.6. The van der Waals surface area contributed by atoms with Crippen molar-refractivity contribution in [3.63, 3.8) is 0 Å². The highest BCUT2D eigenvalue weighted by Crippen LogP contribution is 2.62. The minimum atomic E-state index is -1.35. The van der Waals surface area contributed by atoms with Gasteiger partial charge in [-0.1, -0.05) is 93.1 Å². The van der Waals surface area contributed by atoms with Crippen molar-refractivity contribution in [1.82, 2.24) is 4.90 Å². The van der Waals surface area contributed by atoms with E-state index in [2.05, 4.69) is 43.8 Å². The van der Waals surface area contributed by atoms with Crippen LogP contribution in [0.5, 0.6) is 17.2 Å². The van der Waals surface area contributed by atoms with E-state index in [9.17, 15) is 25.1 Å². The van der Waals surface area contributed by atoms with Gasteiger partial charge in [-0.25, -0.2) is 0 Å². The number of aliphatic hydroxyl groups excluding tert-OH is 2. The van der Waals surface area contributed by atoms with Crippen LogP contribution in [0.25, 0.3) is 10.8 Å². The molecule has 4 aromatic rings. The predicted octanol–water partition coefficient (Wildman–Crippen LogP) is 11.6. The van der Waals surface area contributed by atoms with Crippen LogP contribution in [0.2, 0.25) is 0 Å². The number of nitro benzene ring substituents is 1. The maximum absolute atomic E-state index is 14.9. The normalized spacial score (nSPS) is 23.8. The topological polar surface area (TPSA) is 153 Å². The summed E-state index contributed by atoms with van der Waals surface area (Å²) in [6.07, 6.45) is 15.7. The molecule has 0 spiro atoms. The van der Waals surface area contributed by atoms with Crippen molar-refractivity contribution < 1.29 is 39.0 Å². The van der Waals surface area contributed by atoms with E-state index in [1.807, 2.05) is 41.3 Å². The molecule has 0 radical (unpaired) electrons. The molecule has 12 heteroatoms. The van der Waals surface area contributed by atoms with Gasteiger partial charge in [-0.15, -0.1) is 6.58 Å². The second kappa shape index (κ2) is 22.5. The Kier molecular flexibility index (Phi) is 16.1. The molecule has 1 aliphatic heterocycles. The third-order valence-corrected chi connectivity index (χ3v) is 14.6. The number of carbonyl (C=O) groups is 1. The lowest BCUT2D eigenvalue weighted by Crippen LogP contribution is -2.70. The number of carbonyl (C=O) groups excluding carboxylic acids is 1. The minimum absolute atomic E-state index is 0.00255. The van der Waals surface area contributed by atoms with E-state index in [0.29, 0.717) is 61.1 Å². The first kappa shape index (κ1) is 47.9. The maximum Gasteiger partial charge on any atom is 0.269 e. The third kappa shape index (κ3) is 10.8. The number of unbranched alkanes of at least 4 members (excludes halogenated alkanes) is 2. The number of nitro groups is 1. The van der Waals surface area contributed by atoms with Crippen molar-refractivity contribution in [2.24, 2.45) is 28.8 Å². The molecule has 2 fully saturated rings. The van der Waals surface area contributed by atoms with Gasteiger partial charge in [-0.2, -0.15) is 0 Å². The molecule has 0 saturated heterocycles. The summed E-state index contributed by atoms with van der Waals surface area (Å²) in [5.74, 6) is 0.786. The Labute approximate surface area is 394 Å². The third-order valence-electron chi connectivity index (χ3n) is 14.6. The van der Waals surface area contributed by atoms with Crippen LogP contribution < -0.4 is 9.47 Å². The number of oxime groups is 1. The Morgan fingerprint density at radius 2 is 1.67 bits per heavy atom. The van der Waals surface area contributed by atoms with Crippen molar-refractivity contribution in [3.8, 4) is 17.2 Å². The van der Waals surface area contributed by atoms with Crippen LogP contribution >= 0.6 is 0 Å². The monoisotopic (exact) mass is 913 g/mol. The van der Waals surface area contributed by atoms with Gasteiger partial charge in [0.15, 0.2) is 0 Å². The van der Waals surface area contributed by atoms with Gasteiger partial charge < -0.3 is 34.2 Å². The lowest BCUT2D eigenvalue weighted by atomic mass is 9.55. The lowest BCUT2D eigenvalue weighted by molar-refractivity contribution is -0.384. The highest BCUT2D eigenvalue weighted by Gasteiger charge is 2.65. The average molecular weight is 914 g/mol. The SMILES string of the molecule is C=CCO[C@@]12Oc3ccc(Oc4ccc5ccccc5c4)cc3[C@H]3[C@H](CCCCO)[C@@H](CCCCO)C=C(C(=NOCc4ccc([N+](=O)[O-])cc4)C[C@@H]1N(CCC)C(=O)CCC1CCCC1)[C@H]32. The van der Waals surface area contributed by atoms with Crippen LogP contribution in [-0.4, -0.2) is 69.8 Å². The number of fused-ring (bicyclic) bond motifs is 3. The molecule has 4 aliphatic rings. The molecule has 0 aromatic heterocycles. The quantitative estimate of drug-likeness (QED) is 0.0320. The zero-order valence-electron chi connectivity index (χ0n) is 38.9. The van der Waals surface area contributed by atoms with E-state index in [0.717, 1.165) is 78.8 Å². The van der Waals surface area contributed by atoms with Gasteiger partial charge in [0, 0.05) is 56.2 Å². The van der Waals surface area contributed by atoms with Crippen LogP contribution in [-0.2, 0) is 21.0 Å². The number of benzene rings is 4. The molecule has 2 saturated carbocycles. The Balaban J connectivity index is 1.28. The fourth-order valence-electron chi connectivity index (χ4n) is 11.4. The first-order chi connectivity index (χ1) is 32.8. The number of allylic oxidation sites excluding steroid dienone is 1. The first-order valence-corrected chi connectivity index (χ1v) is 24.7. The summed E-state index contributed by atoms with van der Waals surface area (Å²) in [7, 11) is 0. The van der Waals surface area contributed by atoms with Crippen molar-refractivity contribution in [2.45, 2.75) is 121 Å². The van der Waals surface area contributed by atoms with Gasteiger partial charge in [0.05, 0.1) is 23.2 Å². The van der Waals surface area contributed by atoms with Crippen molar-refractivity contribution in [3.05, 3.63) is 130 Å². The number of ether oxygens (including phenoxy) is 3. The minimum Gasteiger partial charge on any atom is -0.459 e. The second-order valence-corrected chi connectivity index (χ2v) is 18.9. The van der Waals surface area contributed by atoms with Crippen LogP contribution in [0.4, 0.5) is 5.69 Å². The van der Waals surface area contributed by atoms with Crippen LogP contribution in [0.3, 0.4) is 0 Å². The molecular weight excluding hydrogens is 847 g/mol. The summed E-state index contributed by atoms with van der Waals surface area (Å²) in [4.78, 5) is 34.1. The van der Waals surface area contributed by atoms with Crippen LogP contribution in [0.1, 0.15) is 114 Å². The lowest BCUT2D eigenvalue weighted by Gasteiger charge is -2.60. The predicted molar refractivity (Wildman–Crippen MR) is 260 cm³/mol. The molecular formula is C55H67N3O9. The molecule has 3 aliphatic carbocycles. The molecule has 356 valence electrons. The van der Waals surface area contributed by atoms with E-state index in [4.69, 9.17) is 24.2 Å². The molecule has 0 bridgehead atoms. The molecule has 12 nitrogen and oxygen atoms in total. The van der Waals surface area contributed by atoms with Gasteiger partial charge in [0.1, 0.15) is 29.9 Å². The summed E-state index contributed by atoms with van der Waals surface area (Å²) in [6.45, 7) is 7.13. The van der Waals surface area contributed by atoms with Gasteiger partial charge in [0.2, 0.25) is 11.7 Å². The van der Waals surface area contributed by atoms with Crippen molar-refractivity contribution in [2.75, 3.05) is 26.4 Å². The first-order valence-electron chi connectivity index (χ1n) is 24.7. The highest BCUT2D eigenvalue weighted by molar-refractivity contribution is 6.03. The number of amides is 1. The van der Waals surface area contributed by atoms with Crippen LogP contribution in [0, 0.1) is 33.8 Å². The largest absolute Gasteiger partial charge is 0.459 e. The van der Waals surface area contributed by atoms with Gasteiger partial charge in [0.25, 0.3) is 5.69 Å². The Hall–Kier alpha value is -5.56. The number of hydrogen-bond acceptors (Lipinski definition) is 10. The molecule has 1 amide bonds. The van der Waals surface area contributed by atoms with Gasteiger partial charge in [-0.05, 0) is 121 Å². The second-order valence-electron chi connectivity index (χ2n) is 18.9. The standard InChI is InChI=1S/C55H67N3O9/c1-3-29-57(52(61)28-21-38-13-5-6-14-38)51-36-49(56-65-37-39-19-23-43(24-20-39)58(62)63)47-34-42(17-9-11-30-59)46(18-10-12-31-60)53-48-35-45(66-44-25-22-40-15-7-8-16-41(40)33-44)26-27-50(48)67-55(51,54(47)53)64-32-4-2/h4,7-8,15-16,19-20,22-27,33-35,38,42,46,51,53-54,59-60H,2-3,5-6,9-14,17-18,21,28-32,36-37H2,1H3/t42-,46+,51-,53+,54+,55+/m0/s1. The summed E-state index contributed by atoms with van der Waals surface area (Å²) < 4.78 is 21.3. The number of rotatable bonds is 23. The number of hydrogen-bond donors (Lipinski definition) is 2. The van der Waals surface area contributed by atoms with Gasteiger partial charge >= 0.3 is 0 Å². The smallest absolute Gasteiger partial charge is 0.269 e. The zero-order chi connectivity index (χ0) is 46.8. The fraction of sp³-hybridized carbons (Fsp3) is 0.491. The van der Waals surface area contributed by atoms with Crippen LogP contribution in [0.15, 0.2) is 114 Å². The molecule has 0 unspecified atom stereocenters. The Bertz CT molecular complexity index is 2390. The number of nitrogens with zero attached hydrogens (tertiary/aromatic N) is 3. The maximum atomic E-state index is 14.9. The summed E-state index contributed by atoms with van der Waals surface area (Å²) in [5.41, 5.74) is 3.37. The molecule has 67 heavy (non-hydrogen) atoms. The van der Waals surface area contributed by atoms with Gasteiger partial charge in [-0.3, -0.25) is 14.9 Å². The fourth-order valence-corrected chi connectivity index (χ4v) is 11.4.